The van der Waals surface area contributed by atoms with Crippen molar-refractivity contribution in [2.75, 3.05) is 5.32 Å². The standard InChI is InChI=1S/C14H23N3O/c1-11(2)10-17-13(8-9-15-17)16-14(18)12-6-4-3-5-7-12/h8-9,11-12H,3-7,10H2,1-2H3,(H,16,18). The van der Waals surface area contributed by atoms with Gasteiger partial charge in [0.05, 0.1) is 6.20 Å². The van der Waals surface area contributed by atoms with Crippen molar-refractivity contribution in [1.82, 2.24) is 9.78 Å². The van der Waals surface area contributed by atoms with Crippen molar-refractivity contribution in [3.63, 3.8) is 0 Å². The molecule has 1 aromatic heterocycles. The van der Waals surface area contributed by atoms with E-state index in [0.717, 1.165) is 25.2 Å². The molecule has 18 heavy (non-hydrogen) atoms. The van der Waals surface area contributed by atoms with Gasteiger partial charge < -0.3 is 5.32 Å². The van der Waals surface area contributed by atoms with Crippen LogP contribution in [0, 0.1) is 11.8 Å². The van der Waals surface area contributed by atoms with Gasteiger partial charge in [-0.1, -0.05) is 33.1 Å². The molecule has 2 rings (SSSR count). The van der Waals surface area contributed by atoms with Gasteiger partial charge in [-0.05, 0) is 18.8 Å². The normalized spacial score (nSPS) is 17.1. The van der Waals surface area contributed by atoms with E-state index in [1.807, 2.05) is 10.7 Å². The maximum absolute atomic E-state index is 12.2. The third-order valence-corrected chi connectivity index (χ3v) is 3.48. The fourth-order valence-electron chi connectivity index (χ4n) is 2.52. The zero-order valence-corrected chi connectivity index (χ0v) is 11.4. The van der Waals surface area contributed by atoms with E-state index in [2.05, 4.69) is 24.3 Å². The summed E-state index contributed by atoms with van der Waals surface area (Å²) >= 11 is 0. The number of rotatable bonds is 4. The Morgan fingerprint density at radius 1 is 1.44 bits per heavy atom. The van der Waals surface area contributed by atoms with Gasteiger partial charge in [-0.25, -0.2) is 4.68 Å². The van der Waals surface area contributed by atoms with Gasteiger partial charge in [-0.15, -0.1) is 0 Å². The third kappa shape index (κ3) is 3.34. The summed E-state index contributed by atoms with van der Waals surface area (Å²) in [5, 5.41) is 7.28. The zero-order chi connectivity index (χ0) is 13.0. The Hall–Kier alpha value is -1.32. The molecule has 1 aromatic rings. The van der Waals surface area contributed by atoms with E-state index < -0.39 is 0 Å². The monoisotopic (exact) mass is 249 g/mol. The topological polar surface area (TPSA) is 46.9 Å². The van der Waals surface area contributed by atoms with Crippen molar-refractivity contribution in [3.05, 3.63) is 12.3 Å². The Morgan fingerprint density at radius 3 is 2.83 bits per heavy atom. The highest BCUT2D eigenvalue weighted by molar-refractivity contribution is 5.91. The summed E-state index contributed by atoms with van der Waals surface area (Å²) in [5.41, 5.74) is 0. The number of nitrogens with one attached hydrogen (secondary N) is 1. The van der Waals surface area contributed by atoms with E-state index in [0.29, 0.717) is 5.92 Å². The molecule has 4 nitrogen and oxygen atoms in total. The molecule has 1 heterocycles. The molecule has 0 unspecified atom stereocenters. The number of carbonyl (C=O) groups is 1. The lowest BCUT2D eigenvalue weighted by molar-refractivity contribution is -0.120. The molecule has 1 N–H and O–H groups in total. The molecular formula is C14H23N3O. The first-order valence-electron chi connectivity index (χ1n) is 6.99. The van der Waals surface area contributed by atoms with Gasteiger partial charge in [0.25, 0.3) is 0 Å². The highest BCUT2D eigenvalue weighted by Gasteiger charge is 2.21. The highest BCUT2D eigenvalue weighted by Crippen LogP contribution is 2.25. The van der Waals surface area contributed by atoms with Crippen LogP contribution in [0.15, 0.2) is 12.3 Å². The van der Waals surface area contributed by atoms with Gasteiger partial charge in [0.15, 0.2) is 0 Å². The quantitative estimate of drug-likeness (QED) is 0.891. The molecule has 1 saturated carbocycles. The molecule has 0 bridgehead atoms. The van der Waals surface area contributed by atoms with Crippen LogP contribution in [-0.2, 0) is 11.3 Å². The van der Waals surface area contributed by atoms with E-state index in [1.165, 1.54) is 19.3 Å². The first-order chi connectivity index (χ1) is 8.66. The van der Waals surface area contributed by atoms with Crippen LogP contribution < -0.4 is 5.32 Å². The summed E-state index contributed by atoms with van der Waals surface area (Å²) in [6.45, 7) is 5.14. The van der Waals surface area contributed by atoms with Crippen molar-refractivity contribution in [3.8, 4) is 0 Å². The number of amides is 1. The number of aromatic nitrogens is 2. The molecule has 0 saturated heterocycles. The fraction of sp³-hybridized carbons (Fsp3) is 0.714. The molecular weight excluding hydrogens is 226 g/mol. The molecule has 4 heteroatoms. The second-order valence-corrected chi connectivity index (χ2v) is 5.62. The Labute approximate surface area is 109 Å². The van der Waals surface area contributed by atoms with E-state index in [1.54, 1.807) is 6.20 Å². The summed E-state index contributed by atoms with van der Waals surface area (Å²) < 4.78 is 1.88. The first-order valence-corrected chi connectivity index (χ1v) is 6.99. The van der Waals surface area contributed by atoms with Gasteiger partial charge >= 0.3 is 0 Å². The molecule has 100 valence electrons. The maximum atomic E-state index is 12.2. The molecule has 0 atom stereocenters. The molecule has 1 aliphatic carbocycles. The van der Waals surface area contributed by atoms with Crippen molar-refractivity contribution >= 4 is 11.7 Å². The molecule has 0 radical (unpaired) electrons. The Morgan fingerprint density at radius 2 is 2.17 bits per heavy atom. The minimum Gasteiger partial charge on any atom is -0.311 e. The highest BCUT2D eigenvalue weighted by atomic mass is 16.2. The molecule has 0 aliphatic heterocycles. The van der Waals surface area contributed by atoms with Crippen molar-refractivity contribution in [2.45, 2.75) is 52.5 Å². The van der Waals surface area contributed by atoms with Crippen LogP contribution >= 0.6 is 0 Å². The van der Waals surface area contributed by atoms with Crippen LogP contribution in [0.4, 0.5) is 5.82 Å². The Bertz CT molecular complexity index is 391. The second-order valence-electron chi connectivity index (χ2n) is 5.62. The van der Waals surface area contributed by atoms with Crippen molar-refractivity contribution < 1.29 is 4.79 Å². The molecule has 1 fully saturated rings. The average molecular weight is 249 g/mol. The van der Waals surface area contributed by atoms with Gasteiger partial charge in [0, 0.05) is 18.5 Å². The molecule has 1 amide bonds. The van der Waals surface area contributed by atoms with Gasteiger partial charge in [0.1, 0.15) is 5.82 Å². The average Bonchev–Trinajstić information content (AvgIpc) is 2.77. The number of carbonyl (C=O) groups excluding carboxylic acids is 1. The minimum absolute atomic E-state index is 0.167. The van der Waals surface area contributed by atoms with Gasteiger partial charge in [-0.2, -0.15) is 5.10 Å². The first kappa shape index (κ1) is 13.1. The van der Waals surface area contributed by atoms with Crippen LogP contribution in [0.2, 0.25) is 0 Å². The summed E-state index contributed by atoms with van der Waals surface area (Å²) in [4.78, 5) is 12.2. The SMILES string of the molecule is CC(C)Cn1nccc1NC(=O)C1CCCCC1. The summed E-state index contributed by atoms with van der Waals surface area (Å²) in [6, 6.07) is 1.88. The predicted molar refractivity (Wildman–Crippen MR) is 72.3 cm³/mol. The van der Waals surface area contributed by atoms with Gasteiger partial charge in [0.2, 0.25) is 5.91 Å². The van der Waals surface area contributed by atoms with Crippen LogP contribution in [0.5, 0.6) is 0 Å². The largest absolute Gasteiger partial charge is 0.311 e. The summed E-state index contributed by atoms with van der Waals surface area (Å²) in [7, 11) is 0. The smallest absolute Gasteiger partial charge is 0.228 e. The van der Waals surface area contributed by atoms with Crippen LogP contribution in [0.25, 0.3) is 0 Å². The van der Waals surface area contributed by atoms with Crippen LogP contribution in [-0.4, -0.2) is 15.7 Å². The molecule has 0 spiro atoms. The lowest BCUT2D eigenvalue weighted by atomic mass is 9.89. The van der Waals surface area contributed by atoms with E-state index in [-0.39, 0.29) is 11.8 Å². The number of hydrogen-bond acceptors (Lipinski definition) is 2. The lowest BCUT2D eigenvalue weighted by Gasteiger charge is -2.21. The minimum atomic E-state index is 0.167. The number of hydrogen-bond donors (Lipinski definition) is 1. The second kappa shape index (κ2) is 6.03. The Balaban J connectivity index is 1.95. The number of anilines is 1. The zero-order valence-electron chi connectivity index (χ0n) is 11.4. The number of nitrogens with zero attached hydrogens (tertiary/aromatic N) is 2. The maximum Gasteiger partial charge on any atom is 0.228 e. The summed E-state index contributed by atoms with van der Waals surface area (Å²) in [6.07, 6.45) is 7.45. The van der Waals surface area contributed by atoms with Crippen molar-refractivity contribution in [1.29, 1.82) is 0 Å². The summed E-state index contributed by atoms with van der Waals surface area (Å²) in [5.74, 6) is 1.72. The van der Waals surface area contributed by atoms with E-state index >= 15 is 0 Å². The Kier molecular flexibility index (Phi) is 4.39. The lowest BCUT2D eigenvalue weighted by Crippen LogP contribution is -2.26. The van der Waals surface area contributed by atoms with E-state index in [4.69, 9.17) is 0 Å². The van der Waals surface area contributed by atoms with E-state index in [9.17, 15) is 4.79 Å². The van der Waals surface area contributed by atoms with Crippen LogP contribution in [0.1, 0.15) is 46.0 Å². The predicted octanol–water partition coefficient (Wildman–Crippen LogP) is 3.06. The molecule has 0 aromatic carbocycles. The fourth-order valence-corrected chi connectivity index (χ4v) is 2.52. The third-order valence-electron chi connectivity index (χ3n) is 3.48. The van der Waals surface area contributed by atoms with Gasteiger partial charge in [-0.3, -0.25) is 4.79 Å². The van der Waals surface area contributed by atoms with Crippen LogP contribution in [0.3, 0.4) is 0 Å². The molecule has 1 aliphatic rings. The van der Waals surface area contributed by atoms with Crippen molar-refractivity contribution in [2.24, 2.45) is 11.8 Å².